The van der Waals surface area contributed by atoms with Gasteiger partial charge in [0.05, 0.1) is 11.5 Å². The van der Waals surface area contributed by atoms with E-state index in [2.05, 4.69) is 25.1 Å². The molecule has 0 saturated heterocycles. The van der Waals surface area contributed by atoms with E-state index in [0.29, 0.717) is 0 Å². The maximum absolute atomic E-state index is 8.98. The number of benzene rings is 1. The quantitative estimate of drug-likeness (QED) is 0.673. The average Bonchev–Trinajstić information content (AvgIpc) is 2.18. The fraction of sp³-hybridized carbons (Fsp3) is 0.417. The number of nitrogens with zero attached hydrogens (tertiary/aromatic N) is 1. The highest BCUT2D eigenvalue weighted by molar-refractivity contribution is 5.23. The zero-order chi connectivity index (χ0) is 9.90. The topological polar surface area (TPSA) is 23.8 Å². The van der Waals surface area contributed by atoms with Crippen LogP contribution in [0.3, 0.4) is 0 Å². The van der Waals surface area contributed by atoms with Gasteiger partial charge in [0.1, 0.15) is 0 Å². The van der Waals surface area contributed by atoms with Gasteiger partial charge < -0.3 is 0 Å². The molecule has 0 amide bonds. The molecule has 1 rings (SSSR count). The summed E-state index contributed by atoms with van der Waals surface area (Å²) >= 11 is 0. The van der Waals surface area contributed by atoms with Crippen molar-refractivity contribution in [3.8, 4) is 6.07 Å². The molecule has 0 bridgehead atoms. The van der Waals surface area contributed by atoms with Gasteiger partial charge in [0.15, 0.2) is 0 Å². The van der Waals surface area contributed by atoms with Crippen LogP contribution in [0.5, 0.6) is 0 Å². The zero-order valence-corrected chi connectivity index (χ0v) is 8.41. The van der Waals surface area contributed by atoms with Crippen molar-refractivity contribution >= 4 is 0 Å². The first-order valence-electron chi connectivity index (χ1n) is 4.54. The summed E-state index contributed by atoms with van der Waals surface area (Å²) in [5.74, 6) is 0.277. The molecule has 0 unspecified atom stereocenters. The first-order chi connectivity index (χ1) is 6.08. The lowest BCUT2D eigenvalue weighted by Crippen LogP contribution is -2.17. The van der Waals surface area contributed by atoms with Crippen molar-refractivity contribution < 1.29 is 0 Å². The van der Waals surface area contributed by atoms with E-state index in [1.54, 1.807) is 0 Å². The Balaban J connectivity index is 2.94. The Labute approximate surface area is 80.0 Å². The lowest BCUT2D eigenvalue weighted by Gasteiger charge is -2.24. The van der Waals surface area contributed by atoms with E-state index in [1.807, 2.05) is 32.0 Å². The Morgan fingerprint density at radius 3 is 2.23 bits per heavy atom. The fourth-order valence-electron chi connectivity index (χ4n) is 1.26. The zero-order valence-electron chi connectivity index (χ0n) is 8.41. The van der Waals surface area contributed by atoms with E-state index >= 15 is 0 Å². The lowest BCUT2D eigenvalue weighted by molar-refractivity contribution is 0.409. The molecule has 1 heteroatoms. The van der Waals surface area contributed by atoms with Gasteiger partial charge in [-0.3, -0.25) is 0 Å². The van der Waals surface area contributed by atoms with Gasteiger partial charge in [-0.05, 0) is 25.3 Å². The summed E-state index contributed by atoms with van der Waals surface area (Å²) in [6.45, 7) is 6.05. The molecule has 0 fully saturated rings. The first-order valence-corrected chi connectivity index (χ1v) is 4.54. The minimum atomic E-state index is -0.290. The lowest BCUT2D eigenvalue weighted by atomic mass is 9.77. The predicted molar refractivity (Wildman–Crippen MR) is 54.3 cm³/mol. The second-order valence-electron chi connectivity index (χ2n) is 3.97. The molecule has 0 radical (unpaired) electrons. The SMILES string of the molecule is C[C@H](c1ccccc1)C(C)(C)C#N. The fourth-order valence-corrected chi connectivity index (χ4v) is 1.26. The molecule has 68 valence electrons. The van der Waals surface area contributed by atoms with Crippen LogP contribution in [0.1, 0.15) is 32.3 Å². The van der Waals surface area contributed by atoms with Gasteiger partial charge in [-0.1, -0.05) is 37.3 Å². The highest BCUT2D eigenvalue weighted by atomic mass is 14.4. The molecule has 13 heavy (non-hydrogen) atoms. The van der Waals surface area contributed by atoms with Crippen LogP contribution >= 0.6 is 0 Å². The standard InChI is InChI=1S/C12H15N/c1-10(12(2,3)9-13)11-7-5-4-6-8-11/h4-8,10H,1-3H3/t10-/m1/s1. The summed E-state index contributed by atoms with van der Waals surface area (Å²) in [6, 6.07) is 12.5. The summed E-state index contributed by atoms with van der Waals surface area (Å²) in [4.78, 5) is 0. The summed E-state index contributed by atoms with van der Waals surface area (Å²) in [6.07, 6.45) is 0. The molecule has 1 aromatic carbocycles. The van der Waals surface area contributed by atoms with Crippen LogP contribution in [0.2, 0.25) is 0 Å². The Morgan fingerprint density at radius 1 is 1.23 bits per heavy atom. The smallest absolute Gasteiger partial charge is 0.0690 e. The minimum absolute atomic E-state index is 0.277. The molecule has 0 aromatic heterocycles. The van der Waals surface area contributed by atoms with Gasteiger partial charge in [0.2, 0.25) is 0 Å². The van der Waals surface area contributed by atoms with Crippen molar-refractivity contribution in [1.29, 1.82) is 5.26 Å². The number of nitriles is 1. The predicted octanol–water partition coefficient (Wildman–Crippen LogP) is 3.34. The van der Waals surface area contributed by atoms with Crippen LogP contribution < -0.4 is 0 Å². The molecular formula is C12H15N. The summed E-state index contributed by atoms with van der Waals surface area (Å²) in [7, 11) is 0. The van der Waals surface area contributed by atoms with E-state index in [0.717, 1.165) is 0 Å². The molecular weight excluding hydrogens is 158 g/mol. The summed E-state index contributed by atoms with van der Waals surface area (Å²) < 4.78 is 0. The highest BCUT2D eigenvalue weighted by Gasteiger charge is 2.26. The van der Waals surface area contributed by atoms with Gasteiger partial charge in [0.25, 0.3) is 0 Å². The van der Waals surface area contributed by atoms with Gasteiger partial charge >= 0.3 is 0 Å². The molecule has 0 aliphatic heterocycles. The third-order valence-electron chi connectivity index (χ3n) is 2.67. The Morgan fingerprint density at radius 2 is 1.77 bits per heavy atom. The van der Waals surface area contributed by atoms with Crippen LogP contribution in [0.4, 0.5) is 0 Å². The summed E-state index contributed by atoms with van der Waals surface area (Å²) in [5, 5.41) is 8.98. The third kappa shape index (κ3) is 2.09. The van der Waals surface area contributed by atoms with E-state index in [1.165, 1.54) is 5.56 Å². The molecule has 0 N–H and O–H groups in total. The van der Waals surface area contributed by atoms with Crippen LogP contribution in [-0.4, -0.2) is 0 Å². The molecule has 0 aliphatic rings. The Hall–Kier alpha value is -1.29. The van der Waals surface area contributed by atoms with Gasteiger partial charge in [0, 0.05) is 0 Å². The minimum Gasteiger partial charge on any atom is -0.198 e. The second kappa shape index (κ2) is 3.62. The van der Waals surface area contributed by atoms with Crippen LogP contribution in [0, 0.1) is 16.7 Å². The van der Waals surface area contributed by atoms with Crippen molar-refractivity contribution in [1.82, 2.24) is 0 Å². The number of rotatable bonds is 2. The summed E-state index contributed by atoms with van der Waals surface area (Å²) in [5.41, 5.74) is 0.940. The maximum atomic E-state index is 8.98. The third-order valence-corrected chi connectivity index (χ3v) is 2.67. The molecule has 1 aromatic rings. The van der Waals surface area contributed by atoms with Gasteiger partial charge in [-0.25, -0.2) is 0 Å². The van der Waals surface area contributed by atoms with Crippen molar-refractivity contribution in [2.24, 2.45) is 5.41 Å². The van der Waals surface area contributed by atoms with Crippen LogP contribution in [-0.2, 0) is 0 Å². The van der Waals surface area contributed by atoms with Crippen molar-refractivity contribution in [3.63, 3.8) is 0 Å². The largest absolute Gasteiger partial charge is 0.198 e. The number of hydrogen-bond donors (Lipinski definition) is 0. The molecule has 0 spiro atoms. The molecule has 0 saturated carbocycles. The van der Waals surface area contributed by atoms with E-state index in [9.17, 15) is 0 Å². The molecule has 1 nitrogen and oxygen atoms in total. The van der Waals surface area contributed by atoms with Crippen molar-refractivity contribution in [3.05, 3.63) is 35.9 Å². The van der Waals surface area contributed by atoms with Crippen LogP contribution in [0.15, 0.2) is 30.3 Å². The Kier molecular flexibility index (Phi) is 2.72. The van der Waals surface area contributed by atoms with Crippen LogP contribution in [0.25, 0.3) is 0 Å². The van der Waals surface area contributed by atoms with Crippen molar-refractivity contribution in [2.45, 2.75) is 26.7 Å². The maximum Gasteiger partial charge on any atom is 0.0690 e. The molecule has 0 heterocycles. The second-order valence-corrected chi connectivity index (χ2v) is 3.97. The highest BCUT2D eigenvalue weighted by Crippen LogP contribution is 2.33. The van der Waals surface area contributed by atoms with Gasteiger partial charge in [-0.2, -0.15) is 5.26 Å². The average molecular weight is 173 g/mol. The molecule has 1 atom stereocenters. The monoisotopic (exact) mass is 173 g/mol. The molecule has 0 aliphatic carbocycles. The van der Waals surface area contributed by atoms with Crippen molar-refractivity contribution in [2.75, 3.05) is 0 Å². The van der Waals surface area contributed by atoms with E-state index in [4.69, 9.17) is 5.26 Å². The van der Waals surface area contributed by atoms with E-state index < -0.39 is 0 Å². The Bertz CT molecular complexity index is 306. The number of hydrogen-bond acceptors (Lipinski definition) is 1. The first kappa shape index (κ1) is 9.80. The van der Waals surface area contributed by atoms with E-state index in [-0.39, 0.29) is 11.3 Å². The van der Waals surface area contributed by atoms with Gasteiger partial charge in [-0.15, -0.1) is 0 Å². The normalized spacial score (nSPS) is 13.4.